The van der Waals surface area contributed by atoms with E-state index in [1.165, 1.54) is 0 Å². The van der Waals surface area contributed by atoms with E-state index in [9.17, 15) is 4.79 Å². The maximum Gasteiger partial charge on any atom is 0.302 e. The van der Waals surface area contributed by atoms with E-state index in [1.54, 1.807) is 11.1 Å². The molecule has 1 aliphatic heterocycles. The van der Waals surface area contributed by atoms with Gasteiger partial charge < -0.3 is 4.74 Å². The average molecular weight is 384 g/mol. The summed E-state index contributed by atoms with van der Waals surface area (Å²) in [6.45, 7) is 3.86. The minimum Gasteiger partial charge on any atom is -0.425 e. The lowest BCUT2D eigenvalue weighted by Crippen LogP contribution is -2.33. The van der Waals surface area contributed by atoms with Gasteiger partial charge in [0.15, 0.2) is 0 Å². The number of fused-ring (bicyclic) bond motifs is 2. The predicted molar refractivity (Wildman–Crippen MR) is 112 cm³/mol. The van der Waals surface area contributed by atoms with Gasteiger partial charge in [0.2, 0.25) is 5.91 Å². The van der Waals surface area contributed by atoms with Crippen LogP contribution in [0.5, 0.6) is 11.8 Å². The van der Waals surface area contributed by atoms with Crippen molar-refractivity contribution in [3.63, 3.8) is 0 Å². The van der Waals surface area contributed by atoms with Crippen molar-refractivity contribution in [3.05, 3.63) is 72.4 Å². The van der Waals surface area contributed by atoms with Crippen molar-refractivity contribution >= 4 is 28.4 Å². The Morgan fingerprint density at radius 1 is 0.966 bits per heavy atom. The predicted octanol–water partition coefficient (Wildman–Crippen LogP) is 4.72. The highest BCUT2D eigenvalue weighted by Crippen LogP contribution is 2.44. The van der Waals surface area contributed by atoms with Crippen molar-refractivity contribution in [2.75, 3.05) is 4.90 Å². The van der Waals surface area contributed by atoms with Crippen LogP contribution in [0, 0.1) is 0 Å². The monoisotopic (exact) mass is 384 g/mol. The molecule has 1 aliphatic rings. The molecule has 6 heteroatoms. The third kappa shape index (κ3) is 2.60. The van der Waals surface area contributed by atoms with E-state index in [2.05, 4.69) is 9.97 Å². The number of hydrogen-bond acceptors (Lipinski definition) is 4. The summed E-state index contributed by atoms with van der Waals surface area (Å²) in [5.74, 6) is 1.35. The molecular weight excluding hydrogens is 364 g/mol. The van der Waals surface area contributed by atoms with Gasteiger partial charge in [0, 0.05) is 18.8 Å². The van der Waals surface area contributed by atoms with Gasteiger partial charge in [-0.15, -0.1) is 0 Å². The number of hydrogen-bond donors (Lipinski definition) is 0. The molecule has 0 bridgehead atoms. The zero-order valence-electron chi connectivity index (χ0n) is 16.5. The van der Waals surface area contributed by atoms with E-state index >= 15 is 0 Å². The molecule has 0 N–H and O–H groups in total. The quantitative estimate of drug-likeness (QED) is 0.513. The average Bonchev–Trinajstić information content (AvgIpc) is 3.15. The zero-order valence-corrected chi connectivity index (χ0v) is 16.5. The summed E-state index contributed by atoms with van der Waals surface area (Å²) in [4.78, 5) is 23.7. The number of ether oxygens (including phenoxy) is 1. The van der Waals surface area contributed by atoms with Crippen LogP contribution in [0.25, 0.3) is 11.0 Å². The molecule has 144 valence electrons. The summed E-state index contributed by atoms with van der Waals surface area (Å²) >= 11 is 0. The topological polar surface area (TPSA) is 60.2 Å². The molecule has 0 fully saturated rings. The number of aromatic nitrogens is 3. The summed E-state index contributed by atoms with van der Waals surface area (Å²) in [6.07, 6.45) is 1.71. The first-order valence-electron chi connectivity index (χ1n) is 9.46. The normalized spacial score (nSPS) is 15.0. The van der Waals surface area contributed by atoms with Crippen LogP contribution in [0.1, 0.15) is 19.4 Å². The van der Waals surface area contributed by atoms with Crippen molar-refractivity contribution in [3.8, 4) is 11.8 Å². The summed E-state index contributed by atoms with van der Waals surface area (Å²) in [5.41, 5.74) is 2.98. The Balaban J connectivity index is 1.46. The molecule has 5 rings (SSSR count). The third-order valence-electron chi connectivity index (χ3n) is 5.46. The Kier molecular flexibility index (Phi) is 3.71. The highest BCUT2D eigenvalue weighted by atomic mass is 16.5. The number of pyridine rings is 1. The summed E-state index contributed by atoms with van der Waals surface area (Å²) < 4.78 is 7.89. The molecule has 2 aromatic carbocycles. The van der Waals surface area contributed by atoms with E-state index in [1.807, 2.05) is 86.1 Å². The molecule has 1 amide bonds. The summed E-state index contributed by atoms with van der Waals surface area (Å²) in [7, 11) is 1.92. The van der Waals surface area contributed by atoms with Gasteiger partial charge in [0.25, 0.3) is 0 Å². The molecule has 0 atom stereocenters. The van der Waals surface area contributed by atoms with E-state index in [-0.39, 0.29) is 5.91 Å². The number of anilines is 2. The second kappa shape index (κ2) is 6.17. The maximum atomic E-state index is 13.0. The van der Waals surface area contributed by atoms with Crippen LogP contribution < -0.4 is 9.64 Å². The highest BCUT2D eigenvalue weighted by Gasteiger charge is 2.45. The molecule has 0 spiro atoms. The van der Waals surface area contributed by atoms with Crippen molar-refractivity contribution < 1.29 is 9.53 Å². The number of carbonyl (C=O) groups excluding carboxylic acids is 1. The fourth-order valence-corrected chi connectivity index (χ4v) is 3.78. The Labute approximate surface area is 168 Å². The van der Waals surface area contributed by atoms with Gasteiger partial charge in [-0.1, -0.05) is 18.2 Å². The van der Waals surface area contributed by atoms with E-state index < -0.39 is 5.41 Å². The molecule has 0 radical (unpaired) electrons. The minimum atomic E-state index is -0.605. The highest BCUT2D eigenvalue weighted by molar-refractivity contribution is 6.11. The standard InChI is InChI=1S/C23H20N4O2/c1-23(2)17-7-6-14-24-20(17)27(21(23)28)15-10-12-16(13-11-15)29-22-25-18-8-4-5-9-19(18)26(22)3/h4-14H,1-3H3. The third-order valence-corrected chi connectivity index (χ3v) is 5.46. The summed E-state index contributed by atoms with van der Waals surface area (Å²) in [6, 6.07) is 19.7. The smallest absolute Gasteiger partial charge is 0.302 e. The van der Waals surface area contributed by atoms with Gasteiger partial charge in [-0.3, -0.25) is 14.3 Å². The Hall–Kier alpha value is -3.67. The van der Waals surface area contributed by atoms with Gasteiger partial charge in [0.1, 0.15) is 11.6 Å². The van der Waals surface area contributed by atoms with Crippen LogP contribution in [0.15, 0.2) is 66.9 Å². The first kappa shape index (κ1) is 17.4. The van der Waals surface area contributed by atoms with E-state index in [0.29, 0.717) is 17.6 Å². The van der Waals surface area contributed by atoms with Gasteiger partial charge in [-0.2, -0.15) is 4.98 Å². The molecule has 0 aliphatic carbocycles. The van der Waals surface area contributed by atoms with Crippen molar-refractivity contribution in [1.29, 1.82) is 0 Å². The number of aryl methyl sites for hydroxylation is 1. The zero-order chi connectivity index (χ0) is 20.2. The molecule has 0 saturated carbocycles. The van der Waals surface area contributed by atoms with Crippen LogP contribution in [0.2, 0.25) is 0 Å². The van der Waals surface area contributed by atoms with Crippen molar-refractivity contribution in [1.82, 2.24) is 14.5 Å². The summed E-state index contributed by atoms with van der Waals surface area (Å²) in [5, 5.41) is 0. The molecule has 2 aromatic heterocycles. The Morgan fingerprint density at radius 3 is 2.48 bits per heavy atom. The number of benzene rings is 2. The minimum absolute atomic E-state index is 0.00946. The first-order valence-corrected chi connectivity index (χ1v) is 9.46. The molecule has 4 aromatic rings. The number of rotatable bonds is 3. The van der Waals surface area contributed by atoms with Gasteiger partial charge in [-0.25, -0.2) is 4.98 Å². The number of amides is 1. The van der Waals surface area contributed by atoms with Crippen LogP contribution in [0.4, 0.5) is 11.5 Å². The van der Waals surface area contributed by atoms with Gasteiger partial charge in [0.05, 0.1) is 22.1 Å². The first-order chi connectivity index (χ1) is 14.0. The molecule has 3 heterocycles. The van der Waals surface area contributed by atoms with Crippen LogP contribution >= 0.6 is 0 Å². The van der Waals surface area contributed by atoms with E-state index in [4.69, 9.17) is 4.74 Å². The van der Waals surface area contributed by atoms with Crippen LogP contribution in [-0.4, -0.2) is 20.4 Å². The SMILES string of the molecule is Cn1c(Oc2ccc(N3C(=O)C(C)(C)c4cccnc43)cc2)nc2ccccc21. The lowest BCUT2D eigenvalue weighted by atomic mass is 9.87. The van der Waals surface area contributed by atoms with Crippen molar-refractivity contribution in [2.24, 2.45) is 7.05 Å². The number of carbonyl (C=O) groups is 1. The van der Waals surface area contributed by atoms with Crippen LogP contribution in [-0.2, 0) is 17.3 Å². The fourth-order valence-electron chi connectivity index (χ4n) is 3.78. The van der Waals surface area contributed by atoms with Gasteiger partial charge >= 0.3 is 6.01 Å². The maximum absolute atomic E-state index is 13.0. The van der Waals surface area contributed by atoms with Crippen molar-refractivity contribution in [2.45, 2.75) is 19.3 Å². The Morgan fingerprint density at radius 2 is 1.72 bits per heavy atom. The van der Waals surface area contributed by atoms with E-state index in [0.717, 1.165) is 22.3 Å². The molecule has 29 heavy (non-hydrogen) atoms. The lowest BCUT2D eigenvalue weighted by Gasteiger charge is -2.20. The Bertz CT molecular complexity index is 1240. The number of para-hydroxylation sites is 2. The molecule has 0 saturated heterocycles. The second-order valence-electron chi connectivity index (χ2n) is 7.68. The van der Waals surface area contributed by atoms with Gasteiger partial charge in [-0.05, 0) is 56.3 Å². The molecule has 0 unspecified atom stereocenters. The number of nitrogens with zero attached hydrogens (tertiary/aromatic N) is 4. The number of imidazole rings is 1. The van der Waals surface area contributed by atoms with Crippen LogP contribution in [0.3, 0.4) is 0 Å². The fraction of sp³-hybridized carbons (Fsp3) is 0.174. The lowest BCUT2D eigenvalue weighted by molar-refractivity contribution is -0.121. The molecule has 6 nitrogen and oxygen atoms in total. The second-order valence-corrected chi connectivity index (χ2v) is 7.68. The largest absolute Gasteiger partial charge is 0.425 e. The molecular formula is C23H20N4O2.